The van der Waals surface area contributed by atoms with E-state index in [0.29, 0.717) is 18.1 Å². The van der Waals surface area contributed by atoms with Crippen LogP contribution in [0.4, 0.5) is 0 Å². The molecule has 0 N–H and O–H groups in total. The van der Waals surface area contributed by atoms with Crippen LogP contribution < -0.4 is 14.3 Å². The molecule has 0 unspecified atom stereocenters. The van der Waals surface area contributed by atoms with E-state index < -0.39 is 5.97 Å². The lowest BCUT2D eigenvalue weighted by atomic mass is 10.1. The maximum Gasteiger partial charge on any atom is 0.414 e. The summed E-state index contributed by atoms with van der Waals surface area (Å²) in [5, 5.41) is 0. The van der Waals surface area contributed by atoms with Crippen LogP contribution in [0.2, 0.25) is 0 Å². The van der Waals surface area contributed by atoms with Crippen molar-refractivity contribution in [2.24, 2.45) is 0 Å². The van der Waals surface area contributed by atoms with Crippen LogP contribution in [0.5, 0.6) is 5.75 Å². The molecule has 0 aliphatic carbocycles. The van der Waals surface area contributed by atoms with Gasteiger partial charge in [-0.1, -0.05) is 12.1 Å². The Hall–Kier alpha value is -2.36. The molecule has 0 fully saturated rings. The number of esters is 1. The Bertz CT molecular complexity index is 623. The summed E-state index contributed by atoms with van der Waals surface area (Å²) in [6, 6.07) is 10.9. The molecule has 0 bridgehead atoms. The smallest absolute Gasteiger partial charge is 0.414 e. The summed E-state index contributed by atoms with van der Waals surface area (Å²) in [7, 11) is 0. The second kappa shape index (κ2) is 6.19. The number of hydrogen-bond donors (Lipinski definition) is 0. The van der Waals surface area contributed by atoms with Gasteiger partial charge in [0.1, 0.15) is 5.75 Å². The molecule has 2 aromatic rings. The van der Waals surface area contributed by atoms with Crippen molar-refractivity contribution >= 4 is 5.97 Å². The van der Waals surface area contributed by atoms with Crippen LogP contribution in [-0.4, -0.2) is 12.6 Å². The SMILES string of the molecule is CCO[n+]1ccccc1C(=O)Oc1cccc(C)c1C. The molecule has 104 valence electrons. The van der Waals surface area contributed by atoms with E-state index in [-0.39, 0.29) is 0 Å². The van der Waals surface area contributed by atoms with Gasteiger partial charge < -0.3 is 4.74 Å². The first-order valence-electron chi connectivity index (χ1n) is 6.56. The normalized spacial score (nSPS) is 10.2. The first kappa shape index (κ1) is 14.1. The van der Waals surface area contributed by atoms with Crippen molar-refractivity contribution in [2.45, 2.75) is 20.8 Å². The Morgan fingerprint density at radius 2 is 1.95 bits per heavy atom. The zero-order valence-corrected chi connectivity index (χ0v) is 11.9. The standard InChI is InChI=1S/C16H18NO3/c1-4-19-17-11-6-5-9-14(17)16(18)20-15-10-7-8-12(2)13(15)3/h5-11H,4H2,1-3H3/q+1. The summed E-state index contributed by atoms with van der Waals surface area (Å²) in [5.74, 6) is 0.134. The van der Waals surface area contributed by atoms with Gasteiger partial charge in [0.05, 0.1) is 0 Å². The molecular formula is C16H18NO3+. The van der Waals surface area contributed by atoms with Gasteiger partial charge in [-0.25, -0.2) is 4.79 Å². The van der Waals surface area contributed by atoms with E-state index in [2.05, 4.69) is 0 Å². The Labute approximate surface area is 118 Å². The van der Waals surface area contributed by atoms with Crippen molar-refractivity contribution in [3.05, 3.63) is 59.4 Å². The minimum Gasteiger partial charge on any atom is -0.418 e. The molecule has 0 amide bonds. The minimum absolute atomic E-state index is 0.357. The zero-order valence-electron chi connectivity index (χ0n) is 11.9. The number of carbonyl (C=O) groups is 1. The topological polar surface area (TPSA) is 39.4 Å². The van der Waals surface area contributed by atoms with Gasteiger partial charge in [-0.05, 0) is 44.0 Å². The van der Waals surface area contributed by atoms with E-state index in [9.17, 15) is 4.79 Å². The Morgan fingerprint density at radius 1 is 1.15 bits per heavy atom. The van der Waals surface area contributed by atoms with Crippen LogP contribution in [0.3, 0.4) is 0 Å². The maximum atomic E-state index is 12.3. The van der Waals surface area contributed by atoms with Gasteiger partial charge in [-0.2, -0.15) is 0 Å². The van der Waals surface area contributed by atoms with Gasteiger partial charge in [0.25, 0.3) is 0 Å². The van der Waals surface area contributed by atoms with Gasteiger partial charge in [-0.15, -0.1) is 0 Å². The first-order valence-corrected chi connectivity index (χ1v) is 6.56. The predicted molar refractivity (Wildman–Crippen MR) is 74.6 cm³/mol. The molecule has 4 heteroatoms. The largest absolute Gasteiger partial charge is 0.418 e. The number of ether oxygens (including phenoxy) is 1. The third-order valence-electron chi connectivity index (χ3n) is 3.06. The number of benzene rings is 1. The van der Waals surface area contributed by atoms with Crippen LogP contribution in [0.15, 0.2) is 42.6 Å². The van der Waals surface area contributed by atoms with E-state index in [4.69, 9.17) is 9.57 Å². The number of pyridine rings is 1. The fourth-order valence-electron chi connectivity index (χ4n) is 1.82. The number of carbonyl (C=O) groups excluding carboxylic acids is 1. The lowest BCUT2D eigenvalue weighted by Crippen LogP contribution is -2.48. The summed E-state index contributed by atoms with van der Waals surface area (Å²) in [4.78, 5) is 17.6. The van der Waals surface area contributed by atoms with E-state index in [0.717, 1.165) is 11.1 Å². The van der Waals surface area contributed by atoms with Crippen LogP contribution in [-0.2, 0) is 0 Å². The Balaban J connectivity index is 2.26. The molecule has 0 atom stereocenters. The molecule has 0 saturated carbocycles. The molecule has 0 aliphatic rings. The van der Waals surface area contributed by atoms with Crippen molar-refractivity contribution in [2.75, 3.05) is 6.61 Å². The van der Waals surface area contributed by atoms with Crippen molar-refractivity contribution in [3.63, 3.8) is 0 Å². The molecule has 0 spiro atoms. The van der Waals surface area contributed by atoms with Crippen LogP contribution >= 0.6 is 0 Å². The van der Waals surface area contributed by atoms with Gasteiger partial charge in [0.2, 0.25) is 6.20 Å². The third-order valence-corrected chi connectivity index (χ3v) is 3.06. The second-order valence-corrected chi connectivity index (χ2v) is 4.42. The van der Waals surface area contributed by atoms with Crippen LogP contribution in [0.1, 0.15) is 28.5 Å². The predicted octanol–water partition coefficient (Wildman–Crippen LogP) is 2.26. The quantitative estimate of drug-likeness (QED) is 0.487. The average Bonchev–Trinajstić information content (AvgIpc) is 2.45. The summed E-state index contributed by atoms with van der Waals surface area (Å²) in [6.45, 7) is 6.24. The lowest BCUT2D eigenvalue weighted by Gasteiger charge is -2.08. The first-order chi connectivity index (χ1) is 9.63. The van der Waals surface area contributed by atoms with Crippen LogP contribution in [0.25, 0.3) is 0 Å². The summed E-state index contributed by atoms with van der Waals surface area (Å²) >= 11 is 0. The number of nitrogens with zero attached hydrogens (tertiary/aromatic N) is 1. The van der Waals surface area contributed by atoms with Gasteiger partial charge in [0, 0.05) is 16.9 Å². The monoisotopic (exact) mass is 272 g/mol. The molecule has 4 nitrogen and oxygen atoms in total. The van der Waals surface area contributed by atoms with Gasteiger partial charge in [0.15, 0.2) is 6.61 Å². The highest BCUT2D eigenvalue weighted by Crippen LogP contribution is 2.21. The summed E-state index contributed by atoms with van der Waals surface area (Å²) in [6.07, 6.45) is 1.68. The minimum atomic E-state index is -0.437. The fourth-order valence-corrected chi connectivity index (χ4v) is 1.82. The van der Waals surface area contributed by atoms with E-state index in [1.807, 2.05) is 32.9 Å². The van der Waals surface area contributed by atoms with E-state index >= 15 is 0 Å². The van der Waals surface area contributed by atoms with E-state index in [1.165, 1.54) is 4.73 Å². The second-order valence-electron chi connectivity index (χ2n) is 4.42. The Morgan fingerprint density at radius 3 is 2.70 bits per heavy atom. The molecule has 1 aromatic carbocycles. The molecule has 1 heterocycles. The average molecular weight is 272 g/mol. The van der Waals surface area contributed by atoms with E-state index in [1.54, 1.807) is 30.5 Å². The van der Waals surface area contributed by atoms with Crippen molar-refractivity contribution in [3.8, 4) is 5.75 Å². The van der Waals surface area contributed by atoms with Crippen molar-refractivity contribution in [1.82, 2.24) is 0 Å². The molecule has 0 radical (unpaired) electrons. The maximum absolute atomic E-state index is 12.3. The van der Waals surface area contributed by atoms with Crippen LogP contribution in [0, 0.1) is 13.8 Å². The highest BCUT2D eigenvalue weighted by Gasteiger charge is 2.23. The molecule has 0 saturated heterocycles. The Kier molecular flexibility index (Phi) is 4.35. The number of aryl methyl sites for hydroxylation is 1. The highest BCUT2D eigenvalue weighted by molar-refractivity contribution is 5.87. The molecule has 1 aromatic heterocycles. The number of aromatic nitrogens is 1. The number of rotatable bonds is 4. The highest BCUT2D eigenvalue weighted by atomic mass is 16.7. The molecule has 20 heavy (non-hydrogen) atoms. The van der Waals surface area contributed by atoms with Gasteiger partial charge in [-0.3, -0.25) is 4.84 Å². The van der Waals surface area contributed by atoms with Crippen molar-refractivity contribution in [1.29, 1.82) is 0 Å². The third kappa shape index (κ3) is 2.96. The molecule has 2 rings (SSSR count). The van der Waals surface area contributed by atoms with Gasteiger partial charge >= 0.3 is 11.7 Å². The molecular weight excluding hydrogens is 254 g/mol. The summed E-state index contributed by atoms with van der Waals surface area (Å²) < 4.78 is 6.88. The fraction of sp³-hybridized carbons (Fsp3) is 0.250. The lowest BCUT2D eigenvalue weighted by molar-refractivity contribution is -0.892. The number of hydrogen-bond acceptors (Lipinski definition) is 3. The van der Waals surface area contributed by atoms with Crippen molar-refractivity contribution < 1.29 is 19.1 Å². The molecule has 0 aliphatic heterocycles. The summed E-state index contributed by atoms with van der Waals surface area (Å²) in [5.41, 5.74) is 2.40. The zero-order chi connectivity index (χ0) is 14.5.